The first-order valence-electron chi connectivity index (χ1n) is 37.7. The van der Waals surface area contributed by atoms with Crippen LogP contribution in [0, 0.1) is 5.92 Å². The van der Waals surface area contributed by atoms with E-state index >= 15 is 0 Å². The van der Waals surface area contributed by atoms with Crippen LogP contribution in [-0.4, -0.2) is 204 Å². The second-order valence-electron chi connectivity index (χ2n) is 27.7. The van der Waals surface area contributed by atoms with Gasteiger partial charge in [0, 0.05) is 19.3 Å². The van der Waals surface area contributed by atoms with Gasteiger partial charge in [0.15, 0.2) is 18.7 Å². The first-order chi connectivity index (χ1) is 46.2. The number of ether oxygens (including phenoxy) is 7. The molecule has 1 aliphatic carbocycles. The third kappa shape index (κ3) is 36.2. The maximum absolute atomic E-state index is 14.3. The summed E-state index contributed by atoms with van der Waals surface area (Å²) < 4.78 is 65.0. The largest absolute Gasteiger partial charge is 0.472 e. The van der Waals surface area contributed by atoms with Crippen LogP contribution in [0.2, 0.25) is 0 Å². The van der Waals surface area contributed by atoms with Crippen LogP contribution in [0.5, 0.6) is 0 Å². The number of esters is 3. The average Bonchev–Trinajstić information content (AvgIpc) is 0.766. The molecule has 3 fully saturated rings. The predicted octanol–water partition coefficient (Wildman–Crippen LogP) is 10.0. The molecule has 0 amide bonds. The Kier molecular flexibility index (Phi) is 48.5. The molecular formula is C71H133O24P. The minimum absolute atomic E-state index is 0.0330. The number of rotatable bonds is 58. The maximum atomic E-state index is 14.3. The van der Waals surface area contributed by atoms with E-state index < -0.39 is 156 Å². The predicted molar refractivity (Wildman–Crippen MR) is 361 cm³/mol. The van der Waals surface area contributed by atoms with E-state index in [1.807, 2.05) is 0 Å². The number of aliphatic hydroxyl groups is 10. The second kappa shape index (κ2) is 52.9. The van der Waals surface area contributed by atoms with Crippen molar-refractivity contribution >= 4 is 25.7 Å². The Balaban J connectivity index is 1.75. The summed E-state index contributed by atoms with van der Waals surface area (Å²) >= 11 is 0. The average molecular weight is 1400 g/mol. The van der Waals surface area contributed by atoms with Gasteiger partial charge in [-0.2, -0.15) is 0 Å². The summed E-state index contributed by atoms with van der Waals surface area (Å²) in [6, 6.07) is 0. The Morgan fingerprint density at radius 2 is 0.729 bits per heavy atom. The van der Waals surface area contributed by atoms with E-state index in [9.17, 15) is 74.9 Å². The Hall–Kier alpha value is -2.04. The molecule has 3 aliphatic rings. The van der Waals surface area contributed by atoms with Crippen LogP contribution in [-0.2, 0) is 61.2 Å². The van der Waals surface area contributed by atoms with E-state index in [1.54, 1.807) is 0 Å². The molecule has 1 saturated carbocycles. The van der Waals surface area contributed by atoms with E-state index in [0.29, 0.717) is 25.2 Å². The monoisotopic (exact) mass is 1400 g/mol. The lowest BCUT2D eigenvalue weighted by Gasteiger charge is -2.49. The van der Waals surface area contributed by atoms with Gasteiger partial charge in [-0.1, -0.05) is 259 Å². The van der Waals surface area contributed by atoms with Crippen molar-refractivity contribution in [3.05, 3.63) is 0 Å². The Bertz CT molecular complexity index is 2010. The number of phosphoric ester groups is 1. The van der Waals surface area contributed by atoms with Gasteiger partial charge in [-0.25, -0.2) is 4.57 Å². The minimum Gasteiger partial charge on any atom is -0.463 e. The smallest absolute Gasteiger partial charge is 0.463 e. The van der Waals surface area contributed by atoms with E-state index in [0.717, 1.165) is 96.3 Å². The number of carbonyl (C=O) groups is 3. The van der Waals surface area contributed by atoms with Crippen LogP contribution in [0.25, 0.3) is 0 Å². The highest BCUT2D eigenvalue weighted by Crippen LogP contribution is 2.49. The summed E-state index contributed by atoms with van der Waals surface area (Å²) in [6.45, 7) is 5.77. The lowest BCUT2D eigenvalue weighted by Crippen LogP contribution is -2.69. The van der Waals surface area contributed by atoms with Crippen LogP contribution in [0.4, 0.5) is 0 Å². The highest BCUT2D eigenvalue weighted by atomic mass is 31.2. The van der Waals surface area contributed by atoms with Crippen LogP contribution >= 0.6 is 7.82 Å². The Labute approximate surface area is 574 Å². The van der Waals surface area contributed by atoms with Crippen LogP contribution < -0.4 is 0 Å². The molecular weight excluding hydrogens is 1270 g/mol. The fraction of sp³-hybridized carbons (Fsp3) is 0.958. The number of unbranched alkanes of at least 4 members (excludes halogenated alkanes) is 33. The summed E-state index contributed by atoms with van der Waals surface area (Å²) in [5.41, 5.74) is 0. The lowest BCUT2D eigenvalue weighted by molar-refractivity contribution is -0.360. The van der Waals surface area contributed by atoms with Crippen molar-refractivity contribution in [2.75, 3.05) is 26.4 Å². The summed E-state index contributed by atoms with van der Waals surface area (Å²) in [6.07, 6.45) is 7.53. The summed E-state index contributed by atoms with van der Waals surface area (Å²) in [4.78, 5) is 51.0. The molecule has 19 unspecified atom stereocenters. The molecule has 24 nitrogen and oxygen atoms in total. The van der Waals surface area contributed by atoms with Gasteiger partial charge in [0.05, 0.1) is 13.2 Å². The number of hydrogen-bond donors (Lipinski definition) is 11. The molecule has 3 rings (SSSR count). The van der Waals surface area contributed by atoms with Crippen LogP contribution in [0.3, 0.4) is 0 Å². The van der Waals surface area contributed by atoms with E-state index in [1.165, 1.54) is 135 Å². The molecule has 0 spiro atoms. The fourth-order valence-electron chi connectivity index (χ4n) is 12.8. The summed E-state index contributed by atoms with van der Waals surface area (Å²) in [7, 11) is -5.69. The molecule has 96 heavy (non-hydrogen) atoms. The summed E-state index contributed by atoms with van der Waals surface area (Å²) in [5, 5.41) is 110. The first kappa shape index (κ1) is 88.2. The normalized spacial score (nSPS) is 28.2. The lowest BCUT2D eigenvalue weighted by atomic mass is 9.84. The number of phosphoric acid groups is 1. The third-order valence-corrected chi connectivity index (χ3v) is 20.0. The molecule has 0 aromatic rings. The van der Waals surface area contributed by atoms with Crippen LogP contribution in [0.1, 0.15) is 297 Å². The van der Waals surface area contributed by atoms with Crippen LogP contribution in [0.15, 0.2) is 0 Å². The molecule has 25 heteroatoms. The maximum Gasteiger partial charge on any atom is 0.472 e. The zero-order valence-electron chi connectivity index (χ0n) is 59.1. The molecule has 2 saturated heterocycles. The second-order valence-corrected chi connectivity index (χ2v) is 29.1. The molecule has 0 aromatic carbocycles. The van der Waals surface area contributed by atoms with Gasteiger partial charge >= 0.3 is 25.7 Å². The molecule has 0 radical (unpaired) electrons. The Morgan fingerprint density at radius 1 is 0.396 bits per heavy atom. The van der Waals surface area contributed by atoms with Crippen molar-refractivity contribution in [1.29, 1.82) is 0 Å². The van der Waals surface area contributed by atoms with E-state index in [4.69, 9.17) is 42.2 Å². The molecule has 0 aromatic heterocycles. The van der Waals surface area contributed by atoms with Gasteiger partial charge in [-0.3, -0.25) is 23.4 Å². The number of carbonyl (C=O) groups excluding carboxylic acids is 3. The third-order valence-electron chi connectivity index (χ3n) is 19.0. The van der Waals surface area contributed by atoms with Gasteiger partial charge in [-0.05, 0) is 25.2 Å². The first-order valence-corrected chi connectivity index (χ1v) is 39.2. The number of hydrogen-bond acceptors (Lipinski definition) is 23. The van der Waals surface area contributed by atoms with Gasteiger partial charge in [-0.15, -0.1) is 0 Å². The van der Waals surface area contributed by atoms with Gasteiger partial charge < -0.3 is 89.1 Å². The Morgan fingerprint density at radius 3 is 1.12 bits per heavy atom. The van der Waals surface area contributed by atoms with Crippen molar-refractivity contribution in [3.63, 3.8) is 0 Å². The molecule has 11 N–H and O–H groups in total. The quantitative estimate of drug-likeness (QED) is 0.0117. The topological polar surface area (TPSA) is 374 Å². The molecule has 19 atom stereocenters. The van der Waals surface area contributed by atoms with Gasteiger partial charge in [0.1, 0.15) is 98.7 Å². The molecule has 2 aliphatic heterocycles. The van der Waals surface area contributed by atoms with Gasteiger partial charge in [0.2, 0.25) is 0 Å². The van der Waals surface area contributed by atoms with Crippen molar-refractivity contribution in [2.45, 2.75) is 402 Å². The van der Waals surface area contributed by atoms with E-state index in [2.05, 4.69) is 27.7 Å². The van der Waals surface area contributed by atoms with Crippen molar-refractivity contribution in [2.24, 2.45) is 5.92 Å². The van der Waals surface area contributed by atoms with Crippen molar-refractivity contribution < 1.29 is 117 Å². The summed E-state index contributed by atoms with van der Waals surface area (Å²) in [5.74, 6) is -1.30. The zero-order chi connectivity index (χ0) is 70.5. The molecule has 2 heterocycles. The van der Waals surface area contributed by atoms with Crippen molar-refractivity contribution in [1.82, 2.24) is 0 Å². The zero-order valence-corrected chi connectivity index (χ0v) is 60.0. The minimum atomic E-state index is -5.69. The highest BCUT2D eigenvalue weighted by molar-refractivity contribution is 7.47. The highest BCUT2D eigenvalue weighted by Gasteiger charge is 2.58. The molecule has 566 valence electrons. The van der Waals surface area contributed by atoms with Crippen molar-refractivity contribution in [3.8, 4) is 0 Å². The van der Waals surface area contributed by atoms with Gasteiger partial charge in [0.25, 0.3) is 0 Å². The van der Waals surface area contributed by atoms with E-state index in [-0.39, 0.29) is 19.3 Å². The number of aliphatic hydroxyl groups excluding tert-OH is 10. The fourth-order valence-corrected chi connectivity index (χ4v) is 13.7. The molecule has 0 bridgehead atoms. The standard InChI is InChI=1S/C71H133O24P/c1-5-8-11-14-17-19-21-23-25-27-29-35-40-45-56(74)88-50-54-59(77)61(79)66(84)71(92-54)94-68-64(82)62(80)63(81)67(93-70-65(83)60(78)58(76)53(47-72)91-70)69(68)95-96(85,86)89-49-52(48-87-55(73)44-39-34-28-26-24-22-20-18-15-12-9-6-2)90-57(75)46-41-36-31-30-33-38-43-51(4)42-37-32-16-13-10-7-3/h51-54,58-72,76-84H,5-50H2,1-4H3,(H,85,86). The SMILES string of the molecule is CCCCCCCCCCCCCCCC(=O)OCC1OC(OC2C(O)C(O)C(O)C(OC3OC(CO)C(O)C(O)C3O)C2OP(=O)(O)OCC(COC(=O)CCCCCCCCCCCCCC)OC(=O)CCCCCCCCC(C)CCCCCCCC)C(O)C(O)C1O.